The van der Waals surface area contributed by atoms with Gasteiger partial charge in [0.25, 0.3) is 0 Å². The van der Waals surface area contributed by atoms with Gasteiger partial charge in [0.15, 0.2) is 0 Å². The maximum absolute atomic E-state index is 12.1. The van der Waals surface area contributed by atoms with Crippen LogP contribution >= 0.6 is 0 Å². The van der Waals surface area contributed by atoms with Crippen molar-refractivity contribution < 1.29 is 9.53 Å². The Morgan fingerprint density at radius 2 is 2.29 bits per heavy atom. The van der Waals surface area contributed by atoms with Crippen molar-refractivity contribution in [1.29, 1.82) is 0 Å². The lowest BCUT2D eigenvalue weighted by molar-refractivity contribution is -0.124. The van der Waals surface area contributed by atoms with Crippen LogP contribution in [0.15, 0.2) is 6.33 Å². The van der Waals surface area contributed by atoms with E-state index in [0.717, 1.165) is 30.2 Å². The number of nitrogens with zero attached hydrogens (tertiary/aromatic N) is 3. The molecule has 1 aliphatic heterocycles. The monoisotopic (exact) mass is 293 g/mol. The minimum Gasteiger partial charge on any atom is -0.377 e. The molecule has 0 aliphatic carbocycles. The predicted octanol–water partition coefficient (Wildman–Crippen LogP) is 0.422. The van der Waals surface area contributed by atoms with Gasteiger partial charge >= 0.3 is 0 Å². The number of hydrogen-bond acceptors (Lipinski definition) is 6. The topological polar surface area (TPSA) is 79.4 Å². The number of morpholine rings is 1. The molecule has 0 aromatic carbocycles. The lowest BCUT2D eigenvalue weighted by Crippen LogP contribution is -2.54. The van der Waals surface area contributed by atoms with Crippen LogP contribution in [0.4, 0.5) is 11.6 Å². The second kappa shape index (κ2) is 7.21. The molecule has 1 aromatic rings. The van der Waals surface area contributed by atoms with Crippen LogP contribution in [0.3, 0.4) is 0 Å². The second-order valence-electron chi connectivity index (χ2n) is 4.81. The first kappa shape index (κ1) is 15.5. The van der Waals surface area contributed by atoms with Crippen LogP contribution in [-0.2, 0) is 16.0 Å². The molecule has 2 rings (SSSR count). The Balaban J connectivity index is 2.38. The SMILES string of the molecule is CCNc1ncnc(N2CCOCC2C(=O)NC)c1CC. The number of hydrogen-bond donors (Lipinski definition) is 2. The van der Waals surface area contributed by atoms with E-state index < -0.39 is 0 Å². The summed E-state index contributed by atoms with van der Waals surface area (Å²) in [6.45, 7) is 6.52. The van der Waals surface area contributed by atoms with Crippen molar-refractivity contribution in [2.45, 2.75) is 26.3 Å². The minimum atomic E-state index is -0.349. The number of anilines is 2. The lowest BCUT2D eigenvalue weighted by atomic mass is 10.1. The molecule has 7 nitrogen and oxygen atoms in total. The van der Waals surface area contributed by atoms with Crippen molar-refractivity contribution in [2.24, 2.45) is 0 Å². The largest absolute Gasteiger partial charge is 0.377 e. The number of rotatable bonds is 5. The first-order chi connectivity index (χ1) is 10.2. The highest BCUT2D eigenvalue weighted by Crippen LogP contribution is 2.26. The van der Waals surface area contributed by atoms with Gasteiger partial charge < -0.3 is 20.3 Å². The summed E-state index contributed by atoms with van der Waals surface area (Å²) in [6, 6.07) is -0.349. The summed E-state index contributed by atoms with van der Waals surface area (Å²) in [7, 11) is 1.64. The smallest absolute Gasteiger partial charge is 0.244 e. The third kappa shape index (κ3) is 3.24. The van der Waals surface area contributed by atoms with E-state index in [1.807, 2.05) is 11.8 Å². The molecular weight excluding hydrogens is 270 g/mol. The van der Waals surface area contributed by atoms with Crippen LogP contribution in [-0.4, -0.2) is 55.3 Å². The summed E-state index contributed by atoms with van der Waals surface area (Å²) in [5, 5.41) is 5.95. The molecule has 7 heteroatoms. The number of carbonyl (C=O) groups excluding carboxylic acids is 1. The van der Waals surface area contributed by atoms with Gasteiger partial charge in [-0.1, -0.05) is 6.92 Å². The highest BCUT2D eigenvalue weighted by atomic mass is 16.5. The molecule has 1 fully saturated rings. The summed E-state index contributed by atoms with van der Waals surface area (Å²) in [6.07, 6.45) is 2.35. The molecule has 2 N–H and O–H groups in total. The zero-order valence-corrected chi connectivity index (χ0v) is 12.8. The summed E-state index contributed by atoms with van der Waals surface area (Å²) in [4.78, 5) is 22.8. The Bertz CT molecular complexity index is 494. The third-order valence-corrected chi connectivity index (χ3v) is 3.57. The van der Waals surface area contributed by atoms with Gasteiger partial charge in [-0.05, 0) is 13.3 Å². The molecular formula is C14H23N5O2. The molecule has 1 saturated heterocycles. The highest BCUT2D eigenvalue weighted by molar-refractivity contribution is 5.85. The quantitative estimate of drug-likeness (QED) is 0.819. The Morgan fingerprint density at radius 3 is 2.95 bits per heavy atom. The van der Waals surface area contributed by atoms with Crippen molar-refractivity contribution in [2.75, 3.05) is 43.6 Å². The molecule has 0 spiro atoms. The minimum absolute atomic E-state index is 0.0552. The van der Waals surface area contributed by atoms with Crippen LogP contribution in [0.5, 0.6) is 0 Å². The van der Waals surface area contributed by atoms with E-state index in [-0.39, 0.29) is 11.9 Å². The van der Waals surface area contributed by atoms with Gasteiger partial charge in [0.05, 0.1) is 13.2 Å². The van der Waals surface area contributed by atoms with Gasteiger partial charge in [-0.15, -0.1) is 0 Å². The van der Waals surface area contributed by atoms with E-state index in [2.05, 4.69) is 27.5 Å². The zero-order chi connectivity index (χ0) is 15.2. The molecule has 116 valence electrons. The van der Waals surface area contributed by atoms with Crippen LogP contribution < -0.4 is 15.5 Å². The number of carbonyl (C=O) groups is 1. The number of ether oxygens (including phenoxy) is 1. The third-order valence-electron chi connectivity index (χ3n) is 3.57. The molecule has 1 atom stereocenters. The van der Waals surface area contributed by atoms with E-state index >= 15 is 0 Å². The normalized spacial score (nSPS) is 18.4. The van der Waals surface area contributed by atoms with E-state index in [4.69, 9.17) is 4.74 Å². The standard InChI is InChI=1S/C14H23N5O2/c1-4-10-12(16-5-2)17-9-18-13(10)19-6-7-21-8-11(19)14(20)15-3/h9,11H,4-8H2,1-3H3,(H,15,20)(H,16,17,18). The van der Waals surface area contributed by atoms with Gasteiger partial charge in [0.2, 0.25) is 5.91 Å². The Morgan fingerprint density at radius 1 is 1.48 bits per heavy atom. The molecule has 1 aromatic heterocycles. The number of likely N-dealkylation sites (N-methyl/N-ethyl adjacent to an activating group) is 1. The van der Waals surface area contributed by atoms with Crippen LogP contribution in [0.2, 0.25) is 0 Å². The fourth-order valence-electron chi connectivity index (χ4n) is 2.54. The van der Waals surface area contributed by atoms with Crippen molar-refractivity contribution in [1.82, 2.24) is 15.3 Å². The molecule has 0 radical (unpaired) electrons. The number of nitrogens with one attached hydrogen (secondary N) is 2. The number of amides is 1. The van der Waals surface area contributed by atoms with Crippen LogP contribution in [0.25, 0.3) is 0 Å². The van der Waals surface area contributed by atoms with Gasteiger partial charge in [0.1, 0.15) is 24.0 Å². The molecule has 1 amide bonds. The highest BCUT2D eigenvalue weighted by Gasteiger charge is 2.31. The maximum atomic E-state index is 12.1. The molecule has 21 heavy (non-hydrogen) atoms. The molecule has 0 bridgehead atoms. The predicted molar refractivity (Wildman–Crippen MR) is 81.6 cm³/mol. The van der Waals surface area contributed by atoms with Crippen LogP contribution in [0.1, 0.15) is 19.4 Å². The first-order valence-corrected chi connectivity index (χ1v) is 7.36. The summed E-state index contributed by atoms with van der Waals surface area (Å²) < 4.78 is 5.45. The van der Waals surface area contributed by atoms with Gasteiger partial charge in [0, 0.05) is 25.7 Å². The zero-order valence-electron chi connectivity index (χ0n) is 12.8. The maximum Gasteiger partial charge on any atom is 0.244 e. The van der Waals surface area contributed by atoms with Crippen molar-refractivity contribution >= 4 is 17.5 Å². The molecule has 2 heterocycles. The van der Waals surface area contributed by atoms with Gasteiger partial charge in [-0.25, -0.2) is 9.97 Å². The van der Waals surface area contributed by atoms with E-state index in [1.54, 1.807) is 13.4 Å². The van der Waals surface area contributed by atoms with Crippen molar-refractivity contribution in [3.63, 3.8) is 0 Å². The Hall–Kier alpha value is -1.89. The van der Waals surface area contributed by atoms with Crippen LogP contribution in [0, 0.1) is 0 Å². The fraction of sp³-hybridized carbons (Fsp3) is 0.643. The van der Waals surface area contributed by atoms with Crippen molar-refractivity contribution in [3.05, 3.63) is 11.9 Å². The Labute approximate surface area is 125 Å². The lowest BCUT2D eigenvalue weighted by Gasteiger charge is -2.36. The molecule has 1 unspecified atom stereocenters. The summed E-state index contributed by atoms with van der Waals surface area (Å²) in [5.74, 6) is 1.60. The van der Waals surface area contributed by atoms with Gasteiger partial charge in [-0.3, -0.25) is 4.79 Å². The van der Waals surface area contributed by atoms with E-state index in [9.17, 15) is 4.79 Å². The average Bonchev–Trinajstić information content (AvgIpc) is 2.54. The summed E-state index contributed by atoms with van der Waals surface area (Å²) >= 11 is 0. The van der Waals surface area contributed by atoms with E-state index in [0.29, 0.717) is 19.8 Å². The first-order valence-electron chi connectivity index (χ1n) is 7.36. The Kier molecular flexibility index (Phi) is 5.32. The second-order valence-corrected chi connectivity index (χ2v) is 4.81. The molecule has 1 aliphatic rings. The van der Waals surface area contributed by atoms with E-state index in [1.165, 1.54) is 0 Å². The number of aromatic nitrogens is 2. The molecule has 0 saturated carbocycles. The van der Waals surface area contributed by atoms with Crippen molar-refractivity contribution in [3.8, 4) is 0 Å². The van der Waals surface area contributed by atoms with Gasteiger partial charge in [-0.2, -0.15) is 0 Å². The fourth-order valence-corrected chi connectivity index (χ4v) is 2.54. The average molecular weight is 293 g/mol. The summed E-state index contributed by atoms with van der Waals surface area (Å²) in [5.41, 5.74) is 1.04.